The molecule has 0 heterocycles. The predicted molar refractivity (Wildman–Crippen MR) is 157 cm³/mol. The molecule has 0 aliphatic rings. The number of hydrogen-bond acceptors (Lipinski definition) is 15. The van der Waals surface area contributed by atoms with Gasteiger partial charge in [0.05, 0.1) is 172 Å². The van der Waals surface area contributed by atoms with E-state index < -0.39 is 0 Å². The van der Waals surface area contributed by atoms with Crippen molar-refractivity contribution in [3.05, 3.63) is 0 Å². The van der Waals surface area contributed by atoms with Crippen molar-refractivity contribution in [3.8, 4) is 0 Å². The van der Waals surface area contributed by atoms with E-state index in [1.54, 1.807) is 6.92 Å². The number of methoxy groups -OCH3 is 1. The average molecular weight is 645 g/mol. The number of rotatable bonds is 37. The first-order valence-electron chi connectivity index (χ1n) is 15.3. The van der Waals surface area contributed by atoms with E-state index >= 15 is 0 Å². The van der Waals surface area contributed by atoms with Crippen molar-refractivity contribution in [3.63, 3.8) is 0 Å². The normalized spacial score (nSPS) is 11.2. The molecular formula is C29H56O15. The first kappa shape index (κ1) is 42.5. The SMILES string of the molecule is CCOC(=O)CCOCCOCCOCCOCCOCCOCCOCCOCCOCCOCCOCCC(=O)OC. The van der Waals surface area contributed by atoms with Crippen molar-refractivity contribution in [2.45, 2.75) is 19.8 Å². The van der Waals surface area contributed by atoms with Crippen LogP contribution in [-0.4, -0.2) is 171 Å². The van der Waals surface area contributed by atoms with Crippen molar-refractivity contribution in [1.29, 1.82) is 0 Å². The molecule has 0 fully saturated rings. The topological polar surface area (TPSA) is 154 Å². The minimum Gasteiger partial charge on any atom is -0.469 e. The summed E-state index contributed by atoms with van der Waals surface area (Å²) in [6, 6.07) is 0. The Bertz CT molecular complexity index is 597. The fraction of sp³-hybridized carbons (Fsp3) is 0.931. The fourth-order valence-electron chi connectivity index (χ4n) is 2.95. The third-order valence-electron chi connectivity index (χ3n) is 5.15. The summed E-state index contributed by atoms with van der Waals surface area (Å²) in [6.45, 7) is 12.3. The van der Waals surface area contributed by atoms with Crippen LogP contribution in [-0.2, 0) is 71.2 Å². The summed E-state index contributed by atoms with van der Waals surface area (Å²) in [6.07, 6.45) is 0.494. The maximum atomic E-state index is 11.1. The Morgan fingerprint density at radius 3 is 0.750 bits per heavy atom. The van der Waals surface area contributed by atoms with Gasteiger partial charge in [0, 0.05) is 0 Å². The quantitative estimate of drug-likeness (QED) is 0.0687. The van der Waals surface area contributed by atoms with Gasteiger partial charge in [0.2, 0.25) is 0 Å². The summed E-state index contributed by atoms with van der Waals surface area (Å²) in [5, 5.41) is 0. The van der Waals surface area contributed by atoms with Gasteiger partial charge in [-0.3, -0.25) is 9.59 Å². The van der Waals surface area contributed by atoms with Gasteiger partial charge in [-0.1, -0.05) is 0 Å². The van der Waals surface area contributed by atoms with Crippen molar-refractivity contribution < 1.29 is 71.2 Å². The highest BCUT2D eigenvalue weighted by Crippen LogP contribution is 1.90. The van der Waals surface area contributed by atoms with Gasteiger partial charge in [-0.15, -0.1) is 0 Å². The summed E-state index contributed by atoms with van der Waals surface area (Å²) in [4.78, 5) is 22.0. The van der Waals surface area contributed by atoms with Gasteiger partial charge in [-0.25, -0.2) is 0 Å². The Balaban J connectivity index is 3.07. The molecule has 0 spiro atoms. The molecule has 0 aliphatic carbocycles. The van der Waals surface area contributed by atoms with E-state index in [1.165, 1.54) is 7.11 Å². The van der Waals surface area contributed by atoms with E-state index in [0.29, 0.717) is 152 Å². The molecule has 0 aliphatic heterocycles. The zero-order valence-corrected chi connectivity index (χ0v) is 26.8. The molecule has 44 heavy (non-hydrogen) atoms. The first-order valence-corrected chi connectivity index (χ1v) is 15.3. The van der Waals surface area contributed by atoms with Crippen LogP contribution in [0.1, 0.15) is 19.8 Å². The highest BCUT2D eigenvalue weighted by molar-refractivity contribution is 5.69. The van der Waals surface area contributed by atoms with E-state index in [1.807, 2.05) is 0 Å². The summed E-state index contributed by atoms with van der Waals surface area (Å²) >= 11 is 0. The Morgan fingerprint density at radius 1 is 0.341 bits per heavy atom. The zero-order chi connectivity index (χ0) is 32.0. The van der Waals surface area contributed by atoms with E-state index in [9.17, 15) is 9.59 Å². The highest BCUT2D eigenvalue weighted by Gasteiger charge is 2.01. The van der Waals surface area contributed by atoms with Gasteiger partial charge < -0.3 is 61.6 Å². The molecule has 0 aromatic carbocycles. The standard InChI is InChI=1S/C29H56O15/c1-3-44-29(31)5-7-34-9-11-36-13-15-38-17-19-40-21-23-42-25-27-43-26-24-41-22-20-39-18-16-37-14-12-35-10-8-33-6-4-28(30)32-2/h3-27H2,1-2H3. The average Bonchev–Trinajstić information content (AvgIpc) is 3.02. The molecule has 0 aromatic heterocycles. The molecule has 15 heteroatoms. The summed E-state index contributed by atoms with van der Waals surface area (Å²) in [5.41, 5.74) is 0. The van der Waals surface area contributed by atoms with Crippen LogP contribution in [0.15, 0.2) is 0 Å². The van der Waals surface area contributed by atoms with Gasteiger partial charge in [0.1, 0.15) is 0 Å². The highest BCUT2D eigenvalue weighted by atomic mass is 16.6. The summed E-state index contributed by atoms with van der Waals surface area (Å²) in [7, 11) is 1.35. The van der Waals surface area contributed by atoms with E-state index in [-0.39, 0.29) is 24.8 Å². The van der Waals surface area contributed by atoms with Gasteiger partial charge >= 0.3 is 11.9 Å². The molecule has 0 unspecified atom stereocenters. The summed E-state index contributed by atoms with van der Waals surface area (Å²) in [5.74, 6) is -0.543. The van der Waals surface area contributed by atoms with Crippen molar-refractivity contribution >= 4 is 11.9 Å². The van der Waals surface area contributed by atoms with Crippen LogP contribution in [0.2, 0.25) is 0 Å². The van der Waals surface area contributed by atoms with Gasteiger partial charge in [0.25, 0.3) is 0 Å². The molecular weight excluding hydrogens is 588 g/mol. The largest absolute Gasteiger partial charge is 0.469 e. The van der Waals surface area contributed by atoms with E-state index in [2.05, 4.69) is 4.74 Å². The summed E-state index contributed by atoms with van der Waals surface area (Å²) < 4.78 is 68.7. The second-order valence-corrected chi connectivity index (χ2v) is 8.62. The first-order chi connectivity index (χ1) is 21.7. The number of hydrogen-bond donors (Lipinski definition) is 0. The Labute approximate surface area is 262 Å². The molecule has 0 bridgehead atoms. The van der Waals surface area contributed by atoms with E-state index in [4.69, 9.17) is 56.8 Å². The van der Waals surface area contributed by atoms with Crippen molar-refractivity contribution in [2.24, 2.45) is 0 Å². The van der Waals surface area contributed by atoms with Crippen LogP contribution in [0.25, 0.3) is 0 Å². The maximum absolute atomic E-state index is 11.1. The monoisotopic (exact) mass is 644 g/mol. The second kappa shape index (κ2) is 37.7. The van der Waals surface area contributed by atoms with Gasteiger partial charge in [0.15, 0.2) is 0 Å². The number of carbonyl (C=O) groups is 2. The Morgan fingerprint density at radius 2 is 0.545 bits per heavy atom. The molecule has 0 N–H and O–H groups in total. The third-order valence-corrected chi connectivity index (χ3v) is 5.15. The number of esters is 2. The zero-order valence-electron chi connectivity index (χ0n) is 26.8. The molecule has 15 nitrogen and oxygen atoms in total. The minimum absolute atomic E-state index is 0.242. The fourth-order valence-corrected chi connectivity index (χ4v) is 2.95. The maximum Gasteiger partial charge on any atom is 0.308 e. The van der Waals surface area contributed by atoms with Crippen LogP contribution >= 0.6 is 0 Å². The predicted octanol–water partition coefficient (Wildman–Crippen LogP) is 0.685. The van der Waals surface area contributed by atoms with Crippen LogP contribution in [0.5, 0.6) is 0 Å². The van der Waals surface area contributed by atoms with Crippen LogP contribution in [0.3, 0.4) is 0 Å². The molecule has 0 rings (SSSR count). The van der Waals surface area contributed by atoms with Crippen LogP contribution in [0, 0.1) is 0 Å². The molecule has 0 aromatic rings. The Kier molecular flexibility index (Phi) is 36.4. The molecule has 0 amide bonds. The van der Waals surface area contributed by atoms with Crippen molar-refractivity contribution in [2.75, 3.05) is 159 Å². The molecule has 0 saturated heterocycles. The van der Waals surface area contributed by atoms with Crippen molar-refractivity contribution in [1.82, 2.24) is 0 Å². The third kappa shape index (κ3) is 36.7. The smallest absolute Gasteiger partial charge is 0.308 e. The van der Waals surface area contributed by atoms with Crippen LogP contribution in [0.4, 0.5) is 0 Å². The second-order valence-electron chi connectivity index (χ2n) is 8.62. The molecule has 0 atom stereocenters. The van der Waals surface area contributed by atoms with E-state index in [0.717, 1.165) is 0 Å². The lowest BCUT2D eigenvalue weighted by molar-refractivity contribution is -0.144. The number of ether oxygens (including phenoxy) is 13. The lowest BCUT2D eigenvalue weighted by atomic mass is 10.5. The number of carbonyl (C=O) groups excluding carboxylic acids is 2. The molecule has 0 saturated carbocycles. The lowest BCUT2D eigenvalue weighted by Gasteiger charge is -2.09. The molecule has 0 radical (unpaired) electrons. The molecule has 262 valence electrons. The lowest BCUT2D eigenvalue weighted by Crippen LogP contribution is -2.15. The van der Waals surface area contributed by atoms with Gasteiger partial charge in [-0.2, -0.15) is 0 Å². The van der Waals surface area contributed by atoms with Gasteiger partial charge in [-0.05, 0) is 6.92 Å². The van der Waals surface area contributed by atoms with Crippen LogP contribution < -0.4 is 0 Å². The minimum atomic E-state index is -0.289. The Hall–Kier alpha value is -1.50.